The van der Waals surface area contributed by atoms with Crippen LogP contribution in [0.25, 0.3) is 22.8 Å². The van der Waals surface area contributed by atoms with Crippen LogP contribution < -0.4 is 0 Å². The van der Waals surface area contributed by atoms with E-state index in [9.17, 15) is 4.39 Å². The summed E-state index contributed by atoms with van der Waals surface area (Å²) in [5, 5.41) is 11.9. The number of benzene rings is 2. The smallest absolute Gasteiger partial charge is 0.247 e. The van der Waals surface area contributed by atoms with E-state index in [0.29, 0.717) is 29.1 Å². The van der Waals surface area contributed by atoms with Crippen LogP contribution in [0, 0.1) is 5.82 Å². The van der Waals surface area contributed by atoms with Crippen molar-refractivity contribution in [3.8, 4) is 22.8 Å². The van der Waals surface area contributed by atoms with Crippen LogP contribution in [0.4, 0.5) is 4.39 Å². The van der Waals surface area contributed by atoms with Crippen LogP contribution >= 0.6 is 15.9 Å². The van der Waals surface area contributed by atoms with Gasteiger partial charge >= 0.3 is 0 Å². The minimum atomic E-state index is -0.325. The molecule has 0 saturated heterocycles. The van der Waals surface area contributed by atoms with Gasteiger partial charge in [-0.3, -0.25) is 0 Å². The van der Waals surface area contributed by atoms with Gasteiger partial charge in [-0.15, -0.1) is 10.2 Å². The second kappa shape index (κ2) is 6.56. The molecule has 0 atom stereocenters. The highest BCUT2D eigenvalue weighted by atomic mass is 79.9. The number of rotatable bonds is 4. The zero-order chi connectivity index (χ0) is 17.2. The molecule has 0 radical (unpaired) electrons. The molecular weight excluding hydrogens is 391 g/mol. The first-order chi connectivity index (χ1) is 12.2. The Bertz CT molecular complexity index is 1010. The van der Waals surface area contributed by atoms with E-state index in [1.165, 1.54) is 12.1 Å². The lowest BCUT2D eigenvalue weighted by Crippen LogP contribution is -1.89. The molecule has 8 heteroatoms. The first-order valence-electron chi connectivity index (χ1n) is 7.34. The summed E-state index contributed by atoms with van der Waals surface area (Å²) in [7, 11) is 0. The maximum Gasteiger partial charge on any atom is 0.247 e. The number of nitrogens with zero attached hydrogens (tertiary/aromatic N) is 4. The molecule has 124 valence electrons. The van der Waals surface area contributed by atoms with E-state index >= 15 is 0 Å². The van der Waals surface area contributed by atoms with Crippen molar-refractivity contribution in [2.24, 2.45) is 0 Å². The van der Waals surface area contributed by atoms with Crippen molar-refractivity contribution in [3.63, 3.8) is 0 Å². The molecule has 25 heavy (non-hydrogen) atoms. The Morgan fingerprint density at radius 2 is 1.80 bits per heavy atom. The highest BCUT2D eigenvalue weighted by molar-refractivity contribution is 9.10. The lowest BCUT2D eigenvalue weighted by molar-refractivity contribution is 0.374. The highest BCUT2D eigenvalue weighted by Gasteiger charge is 2.14. The fourth-order valence-corrected chi connectivity index (χ4v) is 2.63. The van der Waals surface area contributed by atoms with E-state index in [2.05, 4.69) is 36.3 Å². The van der Waals surface area contributed by atoms with E-state index in [4.69, 9.17) is 8.94 Å². The number of hydrogen-bond acceptors (Lipinski definition) is 6. The van der Waals surface area contributed by atoms with Crippen LogP contribution in [0.1, 0.15) is 11.8 Å². The zero-order valence-electron chi connectivity index (χ0n) is 12.7. The van der Waals surface area contributed by atoms with Crippen molar-refractivity contribution in [1.82, 2.24) is 20.3 Å². The van der Waals surface area contributed by atoms with Gasteiger partial charge in [0.2, 0.25) is 23.5 Å². The Labute approximate surface area is 149 Å². The van der Waals surface area contributed by atoms with Gasteiger partial charge in [0.15, 0.2) is 0 Å². The van der Waals surface area contributed by atoms with Gasteiger partial charge in [-0.1, -0.05) is 33.2 Å². The zero-order valence-corrected chi connectivity index (χ0v) is 14.3. The van der Waals surface area contributed by atoms with Gasteiger partial charge in [-0.2, -0.15) is 4.98 Å². The van der Waals surface area contributed by atoms with Crippen molar-refractivity contribution in [3.05, 3.63) is 70.6 Å². The summed E-state index contributed by atoms with van der Waals surface area (Å²) in [6.07, 6.45) is 0.217. The third-order valence-corrected chi connectivity index (χ3v) is 3.90. The fraction of sp³-hybridized carbons (Fsp3) is 0.0588. The molecule has 0 aliphatic rings. The molecule has 4 aromatic rings. The van der Waals surface area contributed by atoms with Crippen LogP contribution in [-0.2, 0) is 6.42 Å². The lowest BCUT2D eigenvalue weighted by atomic mass is 10.2. The van der Waals surface area contributed by atoms with E-state index in [0.717, 1.165) is 10.0 Å². The predicted molar refractivity (Wildman–Crippen MR) is 89.9 cm³/mol. The topological polar surface area (TPSA) is 77.8 Å². The highest BCUT2D eigenvalue weighted by Crippen LogP contribution is 2.22. The van der Waals surface area contributed by atoms with Crippen LogP contribution in [0.2, 0.25) is 0 Å². The normalized spacial score (nSPS) is 11.0. The molecule has 0 unspecified atom stereocenters. The number of aromatic nitrogens is 4. The molecule has 0 amide bonds. The number of halogens is 2. The van der Waals surface area contributed by atoms with Crippen molar-refractivity contribution >= 4 is 15.9 Å². The lowest BCUT2D eigenvalue weighted by Gasteiger charge is -1.94. The summed E-state index contributed by atoms with van der Waals surface area (Å²) >= 11 is 3.41. The maximum atomic E-state index is 13.0. The van der Waals surface area contributed by atoms with Crippen molar-refractivity contribution in [2.75, 3.05) is 0 Å². The minimum absolute atomic E-state index is 0.217. The molecule has 0 bridgehead atoms. The van der Waals surface area contributed by atoms with Gasteiger partial charge in [-0.05, 0) is 36.4 Å². The van der Waals surface area contributed by atoms with E-state index < -0.39 is 0 Å². The van der Waals surface area contributed by atoms with Gasteiger partial charge in [0.05, 0.1) is 0 Å². The van der Waals surface area contributed by atoms with Gasteiger partial charge < -0.3 is 8.94 Å². The molecule has 6 nitrogen and oxygen atoms in total. The van der Waals surface area contributed by atoms with Gasteiger partial charge in [-0.25, -0.2) is 4.39 Å². The van der Waals surface area contributed by atoms with Crippen molar-refractivity contribution < 1.29 is 13.3 Å². The van der Waals surface area contributed by atoms with Crippen molar-refractivity contribution in [2.45, 2.75) is 6.42 Å². The summed E-state index contributed by atoms with van der Waals surface area (Å²) in [6.45, 7) is 0. The maximum absolute atomic E-state index is 13.0. The molecule has 4 rings (SSSR count). The van der Waals surface area contributed by atoms with E-state index in [-0.39, 0.29) is 12.2 Å². The van der Waals surface area contributed by atoms with Crippen LogP contribution in [0.3, 0.4) is 0 Å². The quantitative estimate of drug-likeness (QED) is 0.508. The minimum Gasteiger partial charge on any atom is -0.420 e. The molecule has 2 aromatic heterocycles. The fourth-order valence-electron chi connectivity index (χ4n) is 2.24. The van der Waals surface area contributed by atoms with Gasteiger partial charge in [0.1, 0.15) is 12.2 Å². The molecular formula is C17H10BrFN4O2. The number of hydrogen-bond donors (Lipinski definition) is 0. The first-order valence-corrected chi connectivity index (χ1v) is 8.13. The summed E-state index contributed by atoms with van der Waals surface area (Å²) in [5.74, 6) is 1.17. The second-order valence-electron chi connectivity index (χ2n) is 5.21. The second-order valence-corrected chi connectivity index (χ2v) is 6.12. The van der Waals surface area contributed by atoms with E-state index in [1.807, 2.05) is 24.3 Å². The third kappa shape index (κ3) is 3.48. The molecule has 0 fully saturated rings. The summed E-state index contributed by atoms with van der Waals surface area (Å²) < 4.78 is 24.7. The largest absolute Gasteiger partial charge is 0.420 e. The Morgan fingerprint density at radius 1 is 0.960 bits per heavy atom. The SMILES string of the molecule is Fc1ccc(-c2nnc(Cc3nc(-c4cccc(Br)c4)no3)o2)cc1. The van der Waals surface area contributed by atoms with Crippen LogP contribution in [0.5, 0.6) is 0 Å². The molecule has 0 spiro atoms. The predicted octanol–water partition coefficient (Wildman–Crippen LogP) is 4.28. The average Bonchev–Trinajstić information content (AvgIpc) is 3.26. The summed E-state index contributed by atoms with van der Waals surface area (Å²) in [5.41, 5.74) is 1.47. The molecule has 0 N–H and O–H groups in total. The molecule has 0 saturated carbocycles. The Morgan fingerprint density at radius 3 is 2.60 bits per heavy atom. The summed E-state index contributed by atoms with van der Waals surface area (Å²) in [4.78, 5) is 4.33. The van der Waals surface area contributed by atoms with Crippen LogP contribution in [-0.4, -0.2) is 20.3 Å². The van der Waals surface area contributed by atoms with Gasteiger partial charge in [0.25, 0.3) is 0 Å². The third-order valence-electron chi connectivity index (χ3n) is 3.41. The van der Waals surface area contributed by atoms with Crippen LogP contribution in [0.15, 0.2) is 61.9 Å². The molecule has 2 aromatic carbocycles. The Hall–Kier alpha value is -2.87. The Kier molecular flexibility index (Phi) is 4.10. The van der Waals surface area contributed by atoms with E-state index in [1.54, 1.807) is 12.1 Å². The molecule has 0 aliphatic carbocycles. The first kappa shape index (κ1) is 15.6. The standard InChI is InChI=1S/C17H10BrFN4O2/c18-12-3-1-2-11(8-12)16-20-14(25-23-16)9-15-21-22-17(24-15)10-4-6-13(19)7-5-10/h1-8H,9H2. The van der Waals surface area contributed by atoms with Gasteiger partial charge in [0, 0.05) is 15.6 Å². The molecule has 2 heterocycles. The molecule has 0 aliphatic heterocycles. The van der Waals surface area contributed by atoms with Crippen molar-refractivity contribution in [1.29, 1.82) is 0 Å². The Balaban J connectivity index is 1.52. The summed E-state index contributed by atoms with van der Waals surface area (Å²) in [6, 6.07) is 13.4. The monoisotopic (exact) mass is 400 g/mol. The average molecular weight is 401 g/mol.